The summed E-state index contributed by atoms with van der Waals surface area (Å²) in [6.45, 7) is 4.62. The first kappa shape index (κ1) is 14.5. The van der Waals surface area contributed by atoms with E-state index in [9.17, 15) is 0 Å². The zero-order valence-corrected chi connectivity index (χ0v) is 12.2. The summed E-state index contributed by atoms with van der Waals surface area (Å²) in [7, 11) is 0. The lowest BCUT2D eigenvalue weighted by Crippen LogP contribution is -2.38. The standard InChI is InChI=1S/C17H22N2O/c1-3-17(4-2,13-18)20-19-12-14-9-10-15-7-5-6-8-16(15)11-14/h5-12H,3-4,13,18H2,1-2H3/b19-12+. The maximum atomic E-state index is 5.78. The summed E-state index contributed by atoms with van der Waals surface area (Å²) in [5.41, 5.74) is 6.47. The number of oxime groups is 1. The Morgan fingerprint density at radius 1 is 1.10 bits per heavy atom. The van der Waals surface area contributed by atoms with Crippen molar-refractivity contribution in [1.29, 1.82) is 0 Å². The summed E-state index contributed by atoms with van der Waals surface area (Å²) in [5, 5.41) is 6.56. The van der Waals surface area contributed by atoms with Gasteiger partial charge in [0.05, 0.1) is 6.21 Å². The Hall–Kier alpha value is -1.87. The van der Waals surface area contributed by atoms with Crippen molar-refractivity contribution in [3.8, 4) is 0 Å². The van der Waals surface area contributed by atoms with Gasteiger partial charge in [0.2, 0.25) is 0 Å². The maximum absolute atomic E-state index is 5.78. The van der Waals surface area contributed by atoms with Crippen molar-refractivity contribution in [2.24, 2.45) is 10.9 Å². The fourth-order valence-electron chi connectivity index (χ4n) is 2.19. The number of nitrogens with two attached hydrogens (primary N) is 1. The molecule has 3 nitrogen and oxygen atoms in total. The van der Waals surface area contributed by atoms with E-state index >= 15 is 0 Å². The molecule has 2 aromatic rings. The highest BCUT2D eigenvalue weighted by molar-refractivity contribution is 5.90. The normalized spacial score (nSPS) is 12.2. The van der Waals surface area contributed by atoms with Crippen LogP contribution in [0.2, 0.25) is 0 Å². The molecule has 0 amide bonds. The summed E-state index contributed by atoms with van der Waals surface area (Å²) in [4.78, 5) is 5.64. The molecule has 2 N–H and O–H groups in total. The van der Waals surface area contributed by atoms with Gasteiger partial charge in [-0.05, 0) is 35.2 Å². The van der Waals surface area contributed by atoms with Crippen LogP contribution < -0.4 is 5.73 Å². The van der Waals surface area contributed by atoms with E-state index in [0.717, 1.165) is 18.4 Å². The zero-order valence-electron chi connectivity index (χ0n) is 12.2. The van der Waals surface area contributed by atoms with Crippen molar-refractivity contribution < 1.29 is 4.84 Å². The molecular formula is C17H22N2O. The molecule has 0 fully saturated rings. The van der Waals surface area contributed by atoms with E-state index in [1.807, 2.05) is 18.2 Å². The van der Waals surface area contributed by atoms with E-state index in [1.54, 1.807) is 6.21 Å². The van der Waals surface area contributed by atoms with Crippen LogP contribution in [0.3, 0.4) is 0 Å². The van der Waals surface area contributed by atoms with Crippen molar-refractivity contribution in [3.63, 3.8) is 0 Å². The predicted molar refractivity (Wildman–Crippen MR) is 85.0 cm³/mol. The summed E-state index contributed by atoms with van der Waals surface area (Å²) in [6, 6.07) is 14.5. The van der Waals surface area contributed by atoms with Crippen LogP contribution in [0.4, 0.5) is 0 Å². The van der Waals surface area contributed by atoms with Crippen molar-refractivity contribution in [2.75, 3.05) is 6.54 Å². The van der Waals surface area contributed by atoms with E-state index in [1.165, 1.54) is 10.8 Å². The van der Waals surface area contributed by atoms with Crippen LogP contribution in [-0.4, -0.2) is 18.4 Å². The molecule has 3 heteroatoms. The van der Waals surface area contributed by atoms with Crippen LogP contribution in [0.25, 0.3) is 10.8 Å². The zero-order chi connectivity index (χ0) is 14.4. The minimum atomic E-state index is -0.340. The van der Waals surface area contributed by atoms with Gasteiger partial charge in [0.25, 0.3) is 0 Å². The third-order valence-electron chi connectivity index (χ3n) is 3.88. The number of hydrogen-bond donors (Lipinski definition) is 1. The smallest absolute Gasteiger partial charge is 0.149 e. The summed E-state index contributed by atoms with van der Waals surface area (Å²) >= 11 is 0. The summed E-state index contributed by atoms with van der Waals surface area (Å²) in [6.07, 6.45) is 3.46. The predicted octanol–water partition coefficient (Wildman–Crippen LogP) is 3.71. The van der Waals surface area contributed by atoms with Gasteiger partial charge in [-0.15, -0.1) is 0 Å². The highest BCUT2D eigenvalue weighted by atomic mass is 16.6. The SMILES string of the molecule is CCC(CC)(CN)O/N=C/c1ccc2ccccc2c1. The van der Waals surface area contributed by atoms with Gasteiger partial charge in [-0.2, -0.15) is 0 Å². The molecular weight excluding hydrogens is 248 g/mol. The van der Waals surface area contributed by atoms with Gasteiger partial charge in [-0.3, -0.25) is 0 Å². The van der Waals surface area contributed by atoms with Gasteiger partial charge in [0.15, 0.2) is 0 Å². The fourth-order valence-corrected chi connectivity index (χ4v) is 2.19. The van der Waals surface area contributed by atoms with Crippen LogP contribution in [-0.2, 0) is 4.84 Å². The maximum Gasteiger partial charge on any atom is 0.149 e. The molecule has 0 aliphatic carbocycles. The van der Waals surface area contributed by atoms with E-state index in [0.29, 0.717) is 6.54 Å². The van der Waals surface area contributed by atoms with Crippen molar-refractivity contribution in [3.05, 3.63) is 48.0 Å². The van der Waals surface area contributed by atoms with Crippen molar-refractivity contribution >= 4 is 17.0 Å². The molecule has 2 rings (SSSR count). The second kappa shape index (κ2) is 6.53. The number of fused-ring (bicyclic) bond motifs is 1. The average Bonchev–Trinajstić information content (AvgIpc) is 2.52. The molecule has 0 aliphatic rings. The van der Waals surface area contributed by atoms with E-state index in [2.05, 4.69) is 43.3 Å². The molecule has 0 aliphatic heterocycles. The summed E-state index contributed by atoms with van der Waals surface area (Å²) < 4.78 is 0. The molecule has 106 valence electrons. The molecule has 0 spiro atoms. The van der Waals surface area contributed by atoms with Crippen LogP contribution in [0.5, 0.6) is 0 Å². The monoisotopic (exact) mass is 270 g/mol. The van der Waals surface area contributed by atoms with Gasteiger partial charge < -0.3 is 10.6 Å². The van der Waals surface area contributed by atoms with Gasteiger partial charge >= 0.3 is 0 Å². The number of nitrogens with zero attached hydrogens (tertiary/aromatic N) is 1. The van der Waals surface area contributed by atoms with Gasteiger partial charge in [-0.1, -0.05) is 55.4 Å². The van der Waals surface area contributed by atoms with Crippen LogP contribution in [0, 0.1) is 0 Å². The third kappa shape index (κ3) is 3.17. The first-order valence-corrected chi connectivity index (χ1v) is 7.13. The first-order chi connectivity index (χ1) is 9.73. The Morgan fingerprint density at radius 2 is 1.80 bits per heavy atom. The Morgan fingerprint density at radius 3 is 2.45 bits per heavy atom. The minimum absolute atomic E-state index is 0.340. The second-order valence-electron chi connectivity index (χ2n) is 5.03. The molecule has 0 saturated heterocycles. The van der Waals surface area contributed by atoms with Crippen LogP contribution in [0.1, 0.15) is 32.3 Å². The van der Waals surface area contributed by atoms with Crippen LogP contribution >= 0.6 is 0 Å². The molecule has 0 radical (unpaired) electrons. The lowest BCUT2D eigenvalue weighted by molar-refractivity contribution is -0.0410. The Balaban J connectivity index is 2.13. The molecule has 0 unspecified atom stereocenters. The van der Waals surface area contributed by atoms with Crippen LogP contribution in [0.15, 0.2) is 47.6 Å². The molecule has 20 heavy (non-hydrogen) atoms. The van der Waals surface area contributed by atoms with E-state index < -0.39 is 0 Å². The van der Waals surface area contributed by atoms with Crippen molar-refractivity contribution in [2.45, 2.75) is 32.3 Å². The topological polar surface area (TPSA) is 47.6 Å². The summed E-state index contributed by atoms with van der Waals surface area (Å²) in [5.74, 6) is 0. The Kier molecular flexibility index (Phi) is 4.74. The lowest BCUT2D eigenvalue weighted by atomic mass is 9.98. The number of hydrogen-bond acceptors (Lipinski definition) is 3. The quantitative estimate of drug-likeness (QED) is 0.642. The molecule has 0 atom stereocenters. The van der Waals surface area contributed by atoms with Gasteiger partial charge in [-0.25, -0.2) is 0 Å². The van der Waals surface area contributed by atoms with Crippen molar-refractivity contribution in [1.82, 2.24) is 0 Å². The molecule has 2 aromatic carbocycles. The fraction of sp³-hybridized carbons (Fsp3) is 0.353. The van der Waals surface area contributed by atoms with E-state index in [-0.39, 0.29) is 5.60 Å². The molecule has 0 heterocycles. The van der Waals surface area contributed by atoms with Gasteiger partial charge in [0.1, 0.15) is 5.60 Å². The highest BCUT2D eigenvalue weighted by Crippen LogP contribution is 2.19. The van der Waals surface area contributed by atoms with Gasteiger partial charge in [0, 0.05) is 6.54 Å². The third-order valence-corrected chi connectivity index (χ3v) is 3.88. The molecule has 0 bridgehead atoms. The second-order valence-corrected chi connectivity index (χ2v) is 5.03. The average molecular weight is 270 g/mol. The largest absolute Gasteiger partial charge is 0.388 e. The van der Waals surface area contributed by atoms with E-state index in [4.69, 9.17) is 10.6 Å². The minimum Gasteiger partial charge on any atom is -0.388 e. The Labute approximate surface area is 120 Å². The molecule has 0 saturated carbocycles. The number of benzene rings is 2. The molecule has 0 aromatic heterocycles. The highest BCUT2D eigenvalue weighted by Gasteiger charge is 2.26. The lowest BCUT2D eigenvalue weighted by Gasteiger charge is -2.26. The first-order valence-electron chi connectivity index (χ1n) is 7.13. The number of rotatable bonds is 6. The Bertz CT molecular complexity index is 580.